The third kappa shape index (κ3) is 6.68. The van der Waals surface area contributed by atoms with E-state index in [2.05, 4.69) is 21.9 Å². The number of amides is 1. The van der Waals surface area contributed by atoms with E-state index in [4.69, 9.17) is 5.11 Å². The van der Waals surface area contributed by atoms with Gasteiger partial charge in [0.25, 0.3) is 5.91 Å². The molecule has 0 saturated carbocycles. The van der Waals surface area contributed by atoms with Gasteiger partial charge in [0, 0.05) is 19.5 Å². The minimum atomic E-state index is -3.23. The molecule has 20 heavy (non-hydrogen) atoms. The van der Waals surface area contributed by atoms with Crippen LogP contribution in [0.3, 0.4) is 0 Å². The van der Waals surface area contributed by atoms with Gasteiger partial charge < -0.3 is 10.4 Å². The molecule has 1 aromatic heterocycles. The van der Waals surface area contributed by atoms with Gasteiger partial charge in [-0.3, -0.25) is 4.79 Å². The van der Waals surface area contributed by atoms with E-state index >= 15 is 0 Å². The van der Waals surface area contributed by atoms with Crippen molar-refractivity contribution >= 4 is 27.3 Å². The maximum absolute atomic E-state index is 11.7. The second-order valence-electron chi connectivity index (χ2n) is 3.86. The van der Waals surface area contributed by atoms with Crippen molar-refractivity contribution in [3.8, 4) is 11.8 Å². The van der Waals surface area contributed by atoms with E-state index in [0.717, 1.165) is 11.1 Å². The second kappa shape index (κ2) is 8.01. The highest BCUT2D eigenvalue weighted by atomic mass is 32.2. The van der Waals surface area contributed by atoms with E-state index in [1.165, 1.54) is 11.3 Å². The Morgan fingerprint density at radius 1 is 1.40 bits per heavy atom. The molecule has 0 saturated heterocycles. The number of sulfonamides is 1. The van der Waals surface area contributed by atoms with Gasteiger partial charge in [0.15, 0.2) is 0 Å². The molecule has 1 amide bonds. The maximum Gasteiger partial charge on any atom is 0.261 e. The molecule has 0 aliphatic carbocycles. The summed E-state index contributed by atoms with van der Waals surface area (Å²) in [6, 6.07) is 3.39. The molecule has 110 valence electrons. The molecule has 1 heterocycles. The lowest BCUT2D eigenvalue weighted by molar-refractivity contribution is 0.0958. The van der Waals surface area contributed by atoms with Gasteiger partial charge in [0.2, 0.25) is 10.0 Å². The molecular formula is C12H16N2O4S2. The van der Waals surface area contributed by atoms with Crippen LogP contribution in [0.4, 0.5) is 0 Å². The minimum Gasteiger partial charge on any atom is -0.395 e. The average molecular weight is 316 g/mol. The van der Waals surface area contributed by atoms with Gasteiger partial charge in [-0.25, -0.2) is 13.1 Å². The van der Waals surface area contributed by atoms with Crippen molar-refractivity contribution in [2.75, 3.05) is 26.0 Å². The average Bonchev–Trinajstić information content (AvgIpc) is 2.82. The number of aliphatic hydroxyl groups is 1. The van der Waals surface area contributed by atoms with Crippen LogP contribution in [0.2, 0.25) is 0 Å². The van der Waals surface area contributed by atoms with Crippen molar-refractivity contribution in [3.05, 3.63) is 21.9 Å². The number of hydrogen-bond acceptors (Lipinski definition) is 5. The number of carbonyl (C=O) groups is 1. The number of rotatable bonds is 6. The van der Waals surface area contributed by atoms with Crippen molar-refractivity contribution in [1.29, 1.82) is 0 Å². The molecule has 0 fully saturated rings. The first-order chi connectivity index (χ1) is 9.42. The third-order valence-corrected chi connectivity index (χ3v) is 3.78. The van der Waals surface area contributed by atoms with Crippen LogP contribution < -0.4 is 10.0 Å². The lowest BCUT2D eigenvalue weighted by atomic mass is 10.4. The van der Waals surface area contributed by atoms with Crippen LogP contribution in [0.5, 0.6) is 0 Å². The SMILES string of the molecule is CS(=O)(=O)NCCNC(=O)c1ccc(C#CCCO)s1. The monoisotopic (exact) mass is 316 g/mol. The van der Waals surface area contributed by atoms with E-state index in [0.29, 0.717) is 11.3 Å². The van der Waals surface area contributed by atoms with Crippen LogP contribution in [-0.2, 0) is 10.0 Å². The fraction of sp³-hybridized carbons (Fsp3) is 0.417. The normalized spacial score (nSPS) is 10.7. The van der Waals surface area contributed by atoms with Gasteiger partial charge in [-0.15, -0.1) is 11.3 Å². The molecule has 0 bridgehead atoms. The summed E-state index contributed by atoms with van der Waals surface area (Å²) in [5.41, 5.74) is 0. The predicted molar refractivity (Wildman–Crippen MR) is 78.1 cm³/mol. The topological polar surface area (TPSA) is 95.5 Å². The number of nitrogens with one attached hydrogen (secondary N) is 2. The summed E-state index contributed by atoms with van der Waals surface area (Å²) in [6.45, 7) is 0.382. The Bertz CT molecular complexity index is 611. The molecule has 0 radical (unpaired) electrons. The summed E-state index contributed by atoms with van der Waals surface area (Å²) in [5, 5.41) is 11.2. The summed E-state index contributed by atoms with van der Waals surface area (Å²) in [6.07, 6.45) is 1.46. The molecule has 0 atom stereocenters. The Morgan fingerprint density at radius 2 is 2.15 bits per heavy atom. The Labute approximate surface area is 122 Å². The van der Waals surface area contributed by atoms with Crippen molar-refractivity contribution in [2.24, 2.45) is 0 Å². The van der Waals surface area contributed by atoms with Gasteiger partial charge in [0.05, 0.1) is 22.6 Å². The Balaban J connectivity index is 2.43. The molecular weight excluding hydrogens is 300 g/mol. The van der Waals surface area contributed by atoms with Crippen molar-refractivity contribution in [3.63, 3.8) is 0 Å². The minimum absolute atomic E-state index is 0.0130. The first-order valence-electron chi connectivity index (χ1n) is 5.85. The number of thiophene rings is 1. The predicted octanol–water partition coefficient (Wildman–Crippen LogP) is -0.239. The quantitative estimate of drug-likeness (QED) is 0.499. The van der Waals surface area contributed by atoms with Crippen LogP contribution in [0.15, 0.2) is 12.1 Å². The highest BCUT2D eigenvalue weighted by molar-refractivity contribution is 7.88. The van der Waals surface area contributed by atoms with Crippen molar-refractivity contribution in [2.45, 2.75) is 6.42 Å². The zero-order valence-electron chi connectivity index (χ0n) is 11.0. The van der Waals surface area contributed by atoms with E-state index in [1.54, 1.807) is 12.1 Å². The maximum atomic E-state index is 11.7. The molecule has 0 spiro atoms. The third-order valence-electron chi connectivity index (χ3n) is 2.05. The molecule has 1 aromatic rings. The number of carbonyl (C=O) groups excluding carboxylic acids is 1. The fourth-order valence-electron chi connectivity index (χ4n) is 1.23. The van der Waals surface area contributed by atoms with Gasteiger partial charge in [-0.1, -0.05) is 11.8 Å². The Hall–Kier alpha value is -1.40. The van der Waals surface area contributed by atoms with E-state index < -0.39 is 10.0 Å². The van der Waals surface area contributed by atoms with E-state index in [9.17, 15) is 13.2 Å². The van der Waals surface area contributed by atoms with Gasteiger partial charge in [-0.05, 0) is 12.1 Å². The first-order valence-corrected chi connectivity index (χ1v) is 8.55. The van der Waals surface area contributed by atoms with Crippen LogP contribution in [-0.4, -0.2) is 45.4 Å². The lowest BCUT2D eigenvalue weighted by Crippen LogP contribution is -2.33. The summed E-state index contributed by atoms with van der Waals surface area (Å²) in [7, 11) is -3.23. The molecule has 0 aromatic carbocycles. The van der Waals surface area contributed by atoms with Crippen LogP contribution in [0.25, 0.3) is 0 Å². The van der Waals surface area contributed by atoms with Crippen LogP contribution in [0.1, 0.15) is 21.0 Å². The summed E-state index contributed by atoms with van der Waals surface area (Å²) in [5.74, 6) is 5.36. The van der Waals surface area contributed by atoms with Crippen LogP contribution >= 0.6 is 11.3 Å². The summed E-state index contributed by atoms with van der Waals surface area (Å²) >= 11 is 1.25. The molecule has 8 heteroatoms. The van der Waals surface area contributed by atoms with Gasteiger partial charge in [-0.2, -0.15) is 0 Å². The number of hydrogen-bond donors (Lipinski definition) is 3. The standard InChI is InChI=1S/C12H16N2O4S2/c1-20(17,18)14-8-7-13-12(16)11-6-5-10(19-11)4-2-3-9-15/h5-6,14-15H,3,7-9H2,1H3,(H,13,16). The van der Waals surface area contributed by atoms with Crippen LogP contribution in [0, 0.1) is 11.8 Å². The van der Waals surface area contributed by atoms with Crippen molar-refractivity contribution < 1.29 is 18.3 Å². The smallest absolute Gasteiger partial charge is 0.261 e. The molecule has 0 aliphatic rings. The summed E-state index contributed by atoms with van der Waals surface area (Å²) < 4.78 is 23.9. The second-order valence-corrected chi connectivity index (χ2v) is 6.78. The number of aliphatic hydroxyl groups excluding tert-OH is 1. The largest absolute Gasteiger partial charge is 0.395 e. The summed E-state index contributed by atoms with van der Waals surface area (Å²) in [4.78, 5) is 13.0. The Kier molecular flexibility index (Phi) is 6.67. The first kappa shape index (κ1) is 16.7. The molecule has 0 unspecified atom stereocenters. The highest BCUT2D eigenvalue weighted by Gasteiger charge is 2.08. The molecule has 6 nitrogen and oxygen atoms in total. The molecule has 1 rings (SSSR count). The van der Waals surface area contributed by atoms with Gasteiger partial charge >= 0.3 is 0 Å². The Morgan fingerprint density at radius 3 is 2.80 bits per heavy atom. The highest BCUT2D eigenvalue weighted by Crippen LogP contribution is 2.15. The fourth-order valence-corrected chi connectivity index (χ4v) is 2.50. The van der Waals surface area contributed by atoms with Gasteiger partial charge in [0.1, 0.15) is 0 Å². The zero-order valence-corrected chi connectivity index (χ0v) is 12.6. The lowest BCUT2D eigenvalue weighted by Gasteiger charge is -2.03. The molecule has 0 aliphatic heterocycles. The van der Waals surface area contributed by atoms with E-state index in [-0.39, 0.29) is 25.6 Å². The van der Waals surface area contributed by atoms with E-state index in [1.807, 2.05) is 0 Å². The zero-order chi connectivity index (χ0) is 15.0. The molecule has 3 N–H and O–H groups in total. The van der Waals surface area contributed by atoms with Crippen molar-refractivity contribution in [1.82, 2.24) is 10.0 Å².